The van der Waals surface area contributed by atoms with Crippen LogP contribution in [0.5, 0.6) is 17.4 Å². The highest BCUT2D eigenvalue weighted by Gasteiger charge is 2.50. The Morgan fingerprint density at radius 3 is 2.43 bits per heavy atom. The summed E-state index contributed by atoms with van der Waals surface area (Å²) < 4.78 is 86.6. The summed E-state index contributed by atoms with van der Waals surface area (Å²) in [6.45, 7) is 13.0. The van der Waals surface area contributed by atoms with E-state index < -0.39 is 50.3 Å². The first-order valence-electron chi connectivity index (χ1n) is 28.3. The minimum absolute atomic E-state index is 0.0103. The van der Waals surface area contributed by atoms with Crippen LogP contribution in [0.2, 0.25) is 0 Å². The monoisotopic (exact) mass is 1130 g/mol. The molecule has 5 aliphatic rings. The number of imidazole rings is 1. The first kappa shape index (κ1) is 56.2. The molecule has 430 valence electrons. The number of carbonyl (C=O) groups is 1. The van der Waals surface area contributed by atoms with Crippen LogP contribution in [0.25, 0.3) is 16.9 Å². The van der Waals surface area contributed by atoms with Crippen LogP contribution in [0.15, 0.2) is 96.2 Å². The largest absolute Gasteiger partial charge is 0.758 e. The number of aromatic amines is 1. The van der Waals surface area contributed by atoms with Gasteiger partial charge in [0.1, 0.15) is 33.4 Å². The highest BCUT2D eigenvalue weighted by atomic mass is 32.2. The molecule has 4 fully saturated rings. The molecule has 11 rings (SSSR count). The number of amides is 1. The number of alkyl halides is 1. The van der Waals surface area contributed by atoms with Crippen molar-refractivity contribution in [2.75, 3.05) is 61.6 Å². The second-order valence-corrected chi connectivity index (χ2v) is 25.2. The van der Waals surface area contributed by atoms with Gasteiger partial charge in [-0.25, -0.2) is 36.3 Å². The maximum atomic E-state index is 15.8. The molecule has 16 nitrogen and oxygen atoms in total. The smallest absolute Gasteiger partial charge is 0.268 e. The second-order valence-electron chi connectivity index (χ2n) is 23.6. The third-order valence-corrected chi connectivity index (χ3v) is 18.9. The number of H-pyrrole nitrogens is 1. The van der Waals surface area contributed by atoms with E-state index in [1.807, 2.05) is 31.2 Å². The van der Waals surface area contributed by atoms with E-state index in [2.05, 4.69) is 77.8 Å². The van der Waals surface area contributed by atoms with E-state index in [1.54, 1.807) is 12.1 Å². The summed E-state index contributed by atoms with van der Waals surface area (Å²) >= 11 is 0. The fourth-order valence-electron chi connectivity index (χ4n) is 13.0. The van der Waals surface area contributed by atoms with Crippen molar-refractivity contribution in [1.29, 1.82) is 0 Å². The summed E-state index contributed by atoms with van der Waals surface area (Å²) in [5.41, 5.74) is 4.47. The second kappa shape index (κ2) is 22.6. The molecule has 6 aromatic rings. The van der Waals surface area contributed by atoms with Crippen LogP contribution in [0.4, 0.5) is 30.2 Å². The van der Waals surface area contributed by atoms with E-state index >= 15 is 4.39 Å². The van der Waals surface area contributed by atoms with Crippen molar-refractivity contribution < 1.29 is 41.0 Å². The molecule has 2 atom stereocenters. The SMILES string of the molecule is CC(F)Oc1ccc(CN2CCN(C3CC4(CCN(c5ccc(C(=O)NS(=O)(=O)c6cc(N(C)[O-])c(NCC7CCC(C)(O)CC7)c7[nH]cnc67)c(Oc6nc7c(cc6F)CC=C7F)c5)CC4)C3)[C@H](c3ccccc3C(C)C)C2)cc1. The number of pyridine rings is 1. The number of hydrogen-bond acceptors (Lipinski definition) is 14. The van der Waals surface area contributed by atoms with E-state index in [4.69, 9.17) is 9.47 Å². The molecule has 81 heavy (non-hydrogen) atoms. The summed E-state index contributed by atoms with van der Waals surface area (Å²) in [7, 11) is -3.53. The number of piperidine rings is 1. The van der Waals surface area contributed by atoms with E-state index in [9.17, 15) is 32.3 Å². The molecule has 2 aliphatic heterocycles. The normalized spacial score (nSPS) is 21.9. The number of fused-ring (bicyclic) bond motifs is 2. The number of sulfonamides is 1. The number of nitrogens with one attached hydrogen (secondary N) is 3. The topological polar surface area (TPSA) is 192 Å². The summed E-state index contributed by atoms with van der Waals surface area (Å²) in [6.07, 6.45) is 8.06. The lowest BCUT2D eigenvalue weighted by molar-refractivity contribution is -0.0628. The molecular weight excluding hydrogens is 1060 g/mol. The van der Waals surface area contributed by atoms with Gasteiger partial charge in [0, 0.05) is 76.6 Å². The molecule has 3 aliphatic carbocycles. The number of benzene rings is 4. The number of hydroxylamine groups is 1. The van der Waals surface area contributed by atoms with E-state index in [0.717, 1.165) is 76.3 Å². The minimum atomic E-state index is -4.77. The Hall–Kier alpha value is -6.71. The highest BCUT2D eigenvalue weighted by molar-refractivity contribution is 7.90. The van der Waals surface area contributed by atoms with Crippen LogP contribution in [0.3, 0.4) is 0 Å². The Balaban J connectivity index is 0.810. The number of halogens is 3. The number of rotatable bonds is 17. The number of piperazine rings is 1. The molecule has 4 aromatic carbocycles. The van der Waals surface area contributed by atoms with Gasteiger partial charge in [0.05, 0.1) is 34.4 Å². The van der Waals surface area contributed by atoms with Gasteiger partial charge in [0.25, 0.3) is 21.8 Å². The molecule has 20 heteroatoms. The molecule has 2 saturated heterocycles. The van der Waals surface area contributed by atoms with Crippen molar-refractivity contribution in [3.8, 4) is 17.4 Å². The van der Waals surface area contributed by atoms with Crippen molar-refractivity contribution >= 4 is 49.9 Å². The quantitative estimate of drug-likeness (QED) is 0.0631. The summed E-state index contributed by atoms with van der Waals surface area (Å²) in [4.78, 5) is 32.9. The maximum absolute atomic E-state index is 15.8. The fourth-order valence-corrected chi connectivity index (χ4v) is 14.1. The molecule has 2 aromatic heterocycles. The van der Waals surface area contributed by atoms with Gasteiger partial charge in [0.2, 0.25) is 6.36 Å². The average molecular weight is 1130 g/mol. The number of nitrogens with zero attached hydrogens (tertiary/aromatic N) is 6. The van der Waals surface area contributed by atoms with E-state index in [1.165, 1.54) is 49.6 Å². The van der Waals surface area contributed by atoms with Crippen LogP contribution in [-0.4, -0.2) is 109 Å². The fraction of sp³-hybridized carbons (Fsp3) is 0.459. The lowest BCUT2D eigenvalue weighted by atomic mass is 9.59. The van der Waals surface area contributed by atoms with Gasteiger partial charge >= 0.3 is 0 Å². The Morgan fingerprint density at radius 2 is 1.72 bits per heavy atom. The molecule has 2 saturated carbocycles. The van der Waals surface area contributed by atoms with Gasteiger partial charge < -0.3 is 40.1 Å². The number of aromatic nitrogens is 3. The van der Waals surface area contributed by atoms with Gasteiger partial charge in [-0.05, 0) is 154 Å². The number of ether oxygens (including phenoxy) is 2. The molecule has 0 bridgehead atoms. The lowest BCUT2D eigenvalue weighted by Gasteiger charge is -2.58. The first-order chi connectivity index (χ1) is 38.7. The zero-order chi connectivity index (χ0) is 57.0. The third kappa shape index (κ3) is 11.9. The zero-order valence-electron chi connectivity index (χ0n) is 46.5. The van der Waals surface area contributed by atoms with Crippen molar-refractivity contribution in [3.63, 3.8) is 0 Å². The predicted octanol–water partition coefficient (Wildman–Crippen LogP) is 11.3. The van der Waals surface area contributed by atoms with Crippen molar-refractivity contribution in [3.05, 3.63) is 136 Å². The first-order valence-corrected chi connectivity index (χ1v) is 29.7. The number of allylic oxidation sites excluding steroid dienone is 1. The Bertz CT molecular complexity index is 3440. The zero-order valence-corrected chi connectivity index (χ0v) is 47.3. The van der Waals surface area contributed by atoms with Gasteiger partial charge in [-0.2, -0.15) is 0 Å². The molecule has 1 amide bonds. The Morgan fingerprint density at radius 1 is 0.975 bits per heavy atom. The van der Waals surface area contributed by atoms with Crippen LogP contribution in [-0.2, 0) is 23.0 Å². The lowest BCUT2D eigenvalue weighted by Crippen LogP contribution is -2.60. The highest BCUT2D eigenvalue weighted by Crippen LogP contribution is 2.54. The Kier molecular flexibility index (Phi) is 15.6. The number of aliphatic hydroxyl groups is 1. The molecule has 4 N–H and O–H groups in total. The van der Waals surface area contributed by atoms with E-state index in [0.29, 0.717) is 72.2 Å². The van der Waals surface area contributed by atoms with Crippen LogP contribution in [0, 0.1) is 22.4 Å². The molecule has 1 spiro atoms. The maximum Gasteiger partial charge on any atom is 0.268 e. The van der Waals surface area contributed by atoms with Gasteiger partial charge in [-0.15, -0.1) is 0 Å². The number of carbonyl (C=O) groups excluding carboxylic acids is 1. The Labute approximate surface area is 471 Å². The van der Waals surface area contributed by atoms with Crippen LogP contribution >= 0.6 is 0 Å². The van der Waals surface area contributed by atoms with Crippen LogP contribution in [0.1, 0.15) is 129 Å². The molecule has 4 heterocycles. The molecule has 1 unspecified atom stereocenters. The summed E-state index contributed by atoms with van der Waals surface area (Å²) in [5.74, 6) is -2.36. The van der Waals surface area contributed by atoms with Crippen molar-refractivity contribution in [2.45, 2.75) is 127 Å². The average Bonchev–Trinajstić information content (AvgIpc) is 4.21. The molecular formula is C61H71F3N9O7S-. The summed E-state index contributed by atoms with van der Waals surface area (Å²) in [6, 6.07) is 24.1. The number of hydrogen-bond donors (Lipinski definition) is 4. The third-order valence-electron chi connectivity index (χ3n) is 17.5. The standard InChI is InChI=1S/C61H71F3N9O7S/c1-37(2)45-8-6-7-9-46(45)51-35-71(34-40-10-14-44(15-11-40)79-38(3)62)26-27-73(51)43-31-61(32-43)22-24-72(25-23-61)42-13-16-47(52(29-42)80-59-49(64)28-41-12-17-48(63)54(41)68-59)58(74)69-81(77,78)53-30-50(70(5)76)55(57-56(53)66-36-67-57)65-33-39-18-20-60(4,75)21-19-39/h6-11,13-17,28-30,36-39,43,51,65,75H,12,18-27,31-35H2,1-5H3,(H,66,67)(H,69,74)/q-1/t38?,39?,51-,60?/m0/s1. The van der Waals surface area contributed by atoms with Crippen molar-refractivity contribution in [2.24, 2.45) is 11.3 Å². The predicted molar refractivity (Wildman–Crippen MR) is 307 cm³/mol. The minimum Gasteiger partial charge on any atom is -0.758 e. The summed E-state index contributed by atoms with van der Waals surface area (Å²) in [5, 5.41) is 27.5. The van der Waals surface area contributed by atoms with Gasteiger partial charge in [-0.3, -0.25) is 14.6 Å². The van der Waals surface area contributed by atoms with Gasteiger partial charge in [0.15, 0.2) is 5.82 Å². The van der Waals surface area contributed by atoms with Crippen LogP contribution < -0.4 is 29.5 Å². The molecule has 0 radical (unpaired) electrons. The number of anilines is 3. The van der Waals surface area contributed by atoms with Gasteiger partial charge in [-0.1, -0.05) is 50.2 Å². The van der Waals surface area contributed by atoms with Crippen molar-refractivity contribution in [1.82, 2.24) is 29.5 Å². The van der Waals surface area contributed by atoms with E-state index in [-0.39, 0.29) is 57.5 Å².